The fraction of sp³-hybridized carbons (Fsp3) is 0.184. The van der Waals surface area contributed by atoms with Crippen molar-refractivity contribution in [3.63, 3.8) is 0 Å². The lowest BCUT2D eigenvalue weighted by Gasteiger charge is -2.30. The first-order chi connectivity index (χ1) is 26.3. The first-order valence-electron chi connectivity index (χ1n) is 19.5. The van der Waals surface area contributed by atoms with Gasteiger partial charge >= 0.3 is 0 Å². The zero-order chi connectivity index (χ0) is 39.1. The van der Waals surface area contributed by atoms with Crippen LogP contribution in [0, 0.1) is 0 Å². The van der Waals surface area contributed by atoms with Gasteiger partial charge in [0.1, 0.15) is 0 Å². The molecule has 268 valence electrons. The van der Waals surface area contributed by atoms with Crippen LogP contribution in [0.1, 0.15) is 25.0 Å². The summed E-state index contributed by atoms with van der Waals surface area (Å²) in [4.78, 5) is 4.88. The lowest BCUT2D eigenvalue weighted by Crippen LogP contribution is -2.37. The van der Waals surface area contributed by atoms with Crippen molar-refractivity contribution in [3.8, 4) is 11.1 Å². The molecule has 2 radical (unpaired) electrons. The van der Waals surface area contributed by atoms with E-state index in [2.05, 4.69) is 229 Å². The quantitative estimate of drug-likeness (QED) is 0.143. The highest BCUT2D eigenvalue weighted by molar-refractivity contribution is 6.89. The van der Waals surface area contributed by atoms with E-state index < -0.39 is 16.1 Å². The predicted molar refractivity (Wildman–Crippen MR) is 244 cm³/mol. The fourth-order valence-electron chi connectivity index (χ4n) is 8.13. The molecule has 0 heterocycles. The van der Waals surface area contributed by atoms with E-state index in [1.54, 1.807) is 0 Å². The van der Waals surface area contributed by atoms with E-state index in [9.17, 15) is 0 Å². The van der Waals surface area contributed by atoms with Crippen LogP contribution >= 0.6 is 0 Å². The summed E-state index contributed by atoms with van der Waals surface area (Å²) in [6, 6.07) is 59.0. The molecule has 7 aromatic rings. The average molecular weight is 736 g/mol. The Morgan fingerprint density at radius 2 is 0.870 bits per heavy atom. The van der Waals surface area contributed by atoms with E-state index in [1.807, 2.05) is 0 Å². The second-order valence-electron chi connectivity index (χ2n) is 17.2. The lowest BCUT2D eigenvalue weighted by atomic mass is 9.81. The van der Waals surface area contributed by atoms with Gasteiger partial charge in [0.25, 0.3) is 0 Å². The van der Waals surface area contributed by atoms with Gasteiger partial charge < -0.3 is 9.80 Å². The molecule has 8 rings (SSSR count). The highest BCUT2D eigenvalue weighted by Crippen LogP contribution is 2.55. The average Bonchev–Trinajstić information content (AvgIpc) is 3.42. The predicted octanol–water partition coefficient (Wildman–Crippen LogP) is 12.5. The Bertz CT molecular complexity index is 2430. The van der Waals surface area contributed by atoms with Gasteiger partial charge in [0.2, 0.25) is 0 Å². The van der Waals surface area contributed by atoms with Gasteiger partial charge in [0, 0.05) is 47.6 Å². The van der Waals surface area contributed by atoms with Gasteiger partial charge in [-0.1, -0.05) is 154 Å². The smallest absolute Gasteiger partial charge is 0.0775 e. The molecule has 54 heavy (non-hydrogen) atoms. The molecule has 0 amide bonds. The van der Waals surface area contributed by atoms with Crippen LogP contribution in [-0.2, 0) is 5.41 Å². The normalized spacial score (nSPS) is 13.3. The Labute approximate surface area is 328 Å². The maximum absolute atomic E-state index is 5.25. The highest BCUT2D eigenvalue weighted by atomic mass is 28.3. The largest absolute Gasteiger partial charge is 0.310 e. The van der Waals surface area contributed by atoms with Crippen LogP contribution < -0.4 is 20.2 Å². The number of para-hydroxylation sites is 2. The van der Waals surface area contributed by atoms with Crippen LogP contribution in [0.3, 0.4) is 0 Å². The molecule has 0 saturated heterocycles. The van der Waals surface area contributed by atoms with Crippen molar-refractivity contribution >= 4 is 79.8 Å². The molecule has 0 saturated carbocycles. The second kappa shape index (κ2) is 14.0. The molecule has 0 spiro atoms. The standard InChI is InChI=1S/C49H50N2Si2.BH/c1-49(2)45-33-39(50(35-17-11-9-12-18-35)37-23-28-40(29-24-37)52(3,4)5)27-32-44(45)48-43-22-16-15-21-42(43)47(34-46(48)49)51(36-19-13-10-14-20-36)38-25-30-41(31-26-38)53(6,7)8;/h9-34H,1-8H3;1H/i;1D. The number of rotatable bonds is 8. The minimum Gasteiger partial charge on any atom is -0.310 e. The molecule has 0 N–H and O–H groups in total. The van der Waals surface area contributed by atoms with Crippen LogP contribution in [0.4, 0.5) is 34.1 Å². The first kappa shape index (κ1) is 35.9. The molecule has 0 atom stereocenters. The number of fused-ring (bicyclic) bond motifs is 5. The third-order valence-electron chi connectivity index (χ3n) is 11.2. The summed E-state index contributed by atoms with van der Waals surface area (Å²) in [7, 11) is 0.872. The van der Waals surface area contributed by atoms with Gasteiger partial charge in [0.15, 0.2) is 0 Å². The van der Waals surface area contributed by atoms with Crippen LogP contribution in [0.15, 0.2) is 158 Å². The third kappa shape index (κ3) is 6.54. The van der Waals surface area contributed by atoms with Crippen molar-refractivity contribution in [2.24, 2.45) is 0 Å². The van der Waals surface area contributed by atoms with Crippen molar-refractivity contribution < 1.29 is 0 Å². The first-order valence-corrected chi connectivity index (χ1v) is 25.9. The fourth-order valence-corrected chi connectivity index (χ4v) is 10.5. The number of nitrogens with zero attached hydrogens (tertiary/aromatic N) is 2. The van der Waals surface area contributed by atoms with Crippen LogP contribution in [0.2, 0.25) is 39.3 Å². The van der Waals surface area contributed by atoms with Gasteiger partial charge in [-0.3, -0.25) is 0 Å². The van der Waals surface area contributed by atoms with Crippen LogP contribution in [0.25, 0.3) is 21.9 Å². The minimum atomic E-state index is -1.45. The van der Waals surface area contributed by atoms with Gasteiger partial charge in [-0.2, -0.15) is 0 Å². The molecule has 1 aliphatic rings. The Morgan fingerprint density at radius 1 is 0.444 bits per heavy atom. The number of benzene rings is 7. The molecule has 0 fully saturated rings. The van der Waals surface area contributed by atoms with Gasteiger partial charge in [-0.15, -0.1) is 0 Å². The van der Waals surface area contributed by atoms with E-state index in [-0.39, 0.29) is 5.41 Å². The van der Waals surface area contributed by atoms with Crippen molar-refractivity contribution in [1.29, 1.82) is 1.34 Å². The molecule has 2 nitrogen and oxygen atoms in total. The molecular formula is C49H51BN2Si2. The molecule has 0 unspecified atom stereocenters. The summed E-state index contributed by atoms with van der Waals surface area (Å²) >= 11 is 0. The highest BCUT2D eigenvalue weighted by Gasteiger charge is 2.38. The summed E-state index contributed by atoms with van der Waals surface area (Å²) in [6.07, 6.45) is 0. The summed E-state index contributed by atoms with van der Waals surface area (Å²) in [6.45, 7) is 19.3. The second-order valence-corrected chi connectivity index (χ2v) is 27.3. The molecule has 0 bridgehead atoms. The van der Waals surface area contributed by atoms with Crippen molar-refractivity contribution in [2.45, 2.75) is 58.5 Å². The Kier molecular flexibility index (Phi) is 9.28. The van der Waals surface area contributed by atoms with E-state index >= 15 is 0 Å². The SMILES string of the molecule is CC1(C)c2cc(N(c3ccccc3)c3ccc([Si](C)(C)C)cc3)ccc2-c2c1cc(N(c1ccccc1)c1ccc([Si](C)(C)C)cc1)c1ccccc21.[2H][B]. The topological polar surface area (TPSA) is 6.48 Å². The maximum atomic E-state index is 5.25. The van der Waals surface area contributed by atoms with E-state index in [0.29, 0.717) is 0 Å². The van der Waals surface area contributed by atoms with Crippen molar-refractivity contribution in [2.75, 3.05) is 9.80 Å². The Hall–Kier alpha value is -5.10. The molecule has 0 aliphatic heterocycles. The van der Waals surface area contributed by atoms with E-state index in [0.717, 1.165) is 11.4 Å². The maximum Gasteiger partial charge on any atom is 0.0775 e. The number of hydrogen-bond donors (Lipinski definition) is 0. The van der Waals surface area contributed by atoms with Crippen LogP contribution in [-0.4, -0.2) is 25.9 Å². The molecule has 0 aromatic heterocycles. The Morgan fingerprint density at radius 3 is 1.39 bits per heavy atom. The number of anilines is 6. The molecule has 1 aliphatic carbocycles. The third-order valence-corrected chi connectivity index (χ3v) is 15.3. The number of hydrogen-bond acceptors (Lipinski definition) is 2. The van der Waals surface area contributed by atoms with Gasteiger partial charge in [0.05, 0.1) is 21.8 Å². The molecule has 7 aromatic carbocycles. The summed E-state index contributed by atoms with van der Waals surface area (Å²) in [5, 5.41) is 5.49. The van der Waals surface area contributed by atoms with Crippen molar-refractivity contribution in [3.05, 3.63) is 169 Å². The Balaban J connectivity index is 0.00000229. The van der Waals surface area contributed by atoms with Crippen molar-refractivity contribution in [1.82, 2.24) is 0 Å². The minimum absolute atomic E-state index is 0.229. The zero-order valence-corrected chi connectivity index (χ0v) is 35.0. The summed E-state index contributed by atoms with van der Waals surface area (Å²) in [5.41, 5.74) is 12.2. The zero-order valence-electron chi connectivity index (χ0n) is 34.0. The van der Waals surface area contributed by atoms with Crippen LogP contribution in [0.5, 0.6) is 0 Å². The van der Waals surface area contributed by atoms with Gasteiger partial charge in [-0.05, 0) is 95.7 Å². The molecule has 5 heteroatoms. The lowest BCUT2D eigenvalue weighted by molar-refractivity contribution is 0.661. The molecular weight excluding hydrogens is 684 g/mol. The van der Waals surface area contributed by atoms with E-state index in [1.165, 1.54) is 66.1 Å². The van der Waals surface area contributed by atoms with E-state index in [4.69, 9.17) is 1.34 Å². The van der Waals surface area contributed by atoms with Gasteiger partial charge in [-0.25, -0.2) is 0 Å². The summed E-state index contributed by atoms with van der Waals surface area (Å²) in [5.74, 6) is 0. The summed E-state index contributed by atoms with van der Waals surface area (Å²) < 4.78 is 5.25. The monoisotopic (exact) mass is 735 g/mol.